The number of aryl methyl sites for hydroxylation is 1. The van der Waals surface area contributed by atoms with Crippen LogP contribution in [0.15, 0.2) is 55.2 Å². The molecule has 3 aromatic rings. The van der Waals surface area contributed by atoms with Crippen LogP contribution in [-0.4, -0.2) is 44.4 Å². The maximum atomic E-state index is 13.1. The number of hydrogen-bond donors (Lipinski definition) is 1. The summed E-state index contributed by atoms with van der Waals surface area (Å²) in [4.78, 5) is 32.0. The maximum absolute atomic E-state index is 13.1. The van der Waals surface area contributed by atoms with Gasteiger partial charge in [-0.3, -0.25) is 4.79 Å². The summed E-state index contributed by atoms with van der Waals surface area (Å²) < 4.78 is 5.20. The third kappa shape index (κ3) is 5.33. The summed E-state index contributed by atoms with van der Waals surface area (Å²) in [6, 6.07) is 9.73. The lowest BCUT2D eigenvalue weighted by Crippen LogP contribution is -2.39. The molecular weight excluding hydrogens is 392 g/mol. The lowest BCUT2D eigenvalue weighted by molar-refractivity contribution is -0.135. The topological polar surface area (TPSA) is 93.1 Å². The first kappa shape index (κ1) is 20.7. The van der Waals surface area contributed by atoms with E-state index in [9.17, 15) is 4.79 Å². The fourth-order valence-electron chi connectivity index (χ4n) is 3.84. The summed E-state index contributed by atoms with van der Waals surface area (Å²) in [5.41, 5.74) is 2.70. The standard InChI is InChI=1S/C23H26N6O2/c1-31-19-8-5-17(6-9-19)7-10-22(30)29-13-3-2-4-21(29)20-11-12-26-23(28-20)27-18-14-24-16-25-15-18/h5-6,8-9,11-12,14-16,21H,2-4,7,10,13H2,1H3,(H,26,27,28). The average molecular weight is 419 g/mol. The van der Waals surface area contributed by atoms with Crippen molar-refractivity contribution in [3.63, 3.8) is 0 Å². The van der Waals surface area contributed by atoms with E-state index in [-0.39, 0.29) is 11.9 Å². The monoisotopic (exact) mass is 418 g/mol. The number of ether oxygens (including phenoxy) is 1. The highest BCUT2D eigenvalue weighted by Gasteiger charge is 2.29. The molecule has 4 rings (SSSR count). The molecule has 2 aromatic heterocycles. The number of carbonyl (C=O) groups excluding carboxylic acids is 1. The number of aromatic nitrogens is 4. The third-order valence-corrected chi connectivity index (χ3v) is 5.44. The van der Waals surface area contributed by atoms with Crippen molar-refractivity contribution in [1.82, 2.24) is 24.8 Å². The minimum absolute atomic E-state index is 0.0345. The summed E-state index contributed by atoms with van der Waals surface area (Å²) in [6.45, 7) is 0.755. The van der Waals surface area contributed by atoms with Crippen molar-refractivity contribution in [3.05, 3.63) is 66.5 Å². The molecule has 1 aliphatic heterocycles. The van der Waals surface area contributed by atoms with E-state index in [1.54, 1.807) is 25.7 Å². The predicted octanol–water partition coefficient (Wildman–Crippen LogP) is 3.71. The number of piperidine rings is 1. The highest BCUT2D eigenvalue weighted by molar-refractivity contribution is 5.77. The zero-order valence-electron chi connectivity index (χ0n) is 17.6. The van der Waals surface area contributed by atoms with Crippen LogP contribution in [0, 0.1) is 0 Å². The summed E-state index contributed by atoms with van der Waals surface area (Å²) in [5, 5.41) is 3.12. The van der Waals surface area contributed by atoms with E-state index in [1.165, 1.54) is 6.33 Å². The van der Waals surface area contributed by atoms with Crippen molar-refractivity contribution in [1.29, 1.82) is 0 Å². The zero-order chi connectivity index (χ0) is 21.5. The number of amides is 1. The van der Waals surface area contributed by atoms with Crippen molar-refractivity contribution in [2.24, 2.45) is 0 Å². The Hall–Kier alpha value is -3.55. The van der Waals surface area contributed by atoms with E-state index in [4.69, 9.17) is 4.74 Å². The minimum atomic E-state index is -0.0345. The van der Waals surface area contributed by atoms with Crippen LogP contribution in [0.4, 0.5) is 11.6 Å². The van der Waals surface area contributed by atoms with E-state index in [2.05, 4.69) is 25.3 Å². The second kappa shape index (κ2) is 9.97. The molecule has 1 aromatic carbocycles. The molecule has 1 unspecified atom stereocenters. The van der Waals surface area contributed by atoms with Crippen molar-refractivity contribution in [2.45, 2.75) is 38.1 Å². The van der Waals surface area contributed by atoms with Crippen LogP contribution in [0.25, 0.3) is 0 Å². The lowest BCUT2D eigenvalue weighted by atomic mass is 9.98. The third-order valence-electron chi connectivity index (χ3n) is 5.44. The highest BCUT2D eigenvalue weighted by Crippen LogP contribution is 2.31. The first-order valence-corrected chi connectivity index (χ1v) is 10.5. The molecule has 160 valence electrons. The predicted molar refractivity (Wildman–Crippen MR) is 117 cm³/mol. The number of benzene rings is 1. The fraction of sp³-hybridized carbons (Fsp3) is 0.348. The number of nitrogens with zero attached hydrogens (tertiary/aromatic N) is 5. The smallest absolute Gasteiger partial charge is 0.227 e. The zero-order valence-corrected chi connectivity index (χ0v) is 17.6. The number of likely N-dealkylation sites (tertiary alicyclic amines) is 1. The lowest BCUT2D eigenvalue weighted by Gasteiger charge is -2.35. The first-order valence-electron chi connectivity index (χ1n) is 10.5. The number of methoxy groups -OCH3 is 1. The molecule has 0 spiro atoms. The van der Waals surface area contributed by atoms with Crippen LogP contribution >= 0.6 is 0 Å². The van der Waals surface area contributed by atoms with E-state index < -0.39 is 0 Å². The summed E-state index contributed by atoms with van der Waals surface area (Å²) >= 11 is 0. The van der Waals surface area contributed by atoms with Crippen molar-refractivity contribution in [2.75, 3.05) is 19.0 Å². The second-order valence-corrected chi connectivity index (χ2v) is 7.50. The van der Waals surface area contributed by atoms with E-state index in [0.29, 0.717) is 18.8 Å². The highest BCUT2D eigenvalue weighted by atomic mass is 16.5. The van der Waals surface area contributed by atoms with Gasteiger partial charge >= 0.3 is 0 Å². The van der Waals surface area contributed by atoms with Gasteiger partial charge in [-0.05, 0) is 49.4 Å². The molecule has 1 fully saturated rings. The van der Waals surface area contributed by atoms with Crippen LogP contribution < -0.4 is 10.1 Å². The molecule has 1 atom stereocenters. The van der Waals surface area contributed by atoms with E-state index in [0.717, 1.165) is 48.5 Å². The van der Waals surface area contributed by atoms with Crippen LogP contribution in [0.5, 0.6) is 5.75 Å². The molecule has 0 aliphatic carbocycles. The number of carbonyl (C=O) groups is 1. The number of rotatable bonds is 7. The van der Waals surface area contributed by atoms with Gasteiger partial charge in [-0.25, -0.2) is 19.9 Å². The van der Waals surface area contributed by atoms with Crippen LogP contribution in [-0.2, 0) is 11.2 Å². The van der Waals surface area contributed by atoms with E-state index >= 15 is 0 Å². The van der Waals surface area contributed by atoms with Gasteiger partial charge in [0.25, 0.3) is 0 Å². The molecule has 1 aliphatic rings. The van der Waals surface area contributed by atoms with Gasteiger partial charge in [0.2, 0.25) is 11.9 Å². The van der Waals surface area contributed by atoms with Gasteiger partial charge in [-0.2, -0.15) is 0 Å². The van der Waals surface area contributed by atoms with E-state index in [1.807, 2.05) is 35.2 Å². The normalized spacial score (nSPS) is 16.0. The number of anilines is 2. The van der Waals surface area contributed by atoms with Crippen molar-refractivity contribution < 1.29 is 9.53 Å². The molecule has 0 saturated carbocycles. The summed E-state index contributed by atoms with van der Waals surface area (Å²) in [6.07, 6.45) is 10.7. The van der Waals surface area contributed by atoms with Gasteiger partial charge in [-0.1, -0.05) is 12.1 Å². The minimum Gasteiger partial charge on any atom is -0.497 e. The molecule has 3 heterocycles. The molecule has 8 nitrogen and oxygen atoms in total. The SMILES string of the molecule is COc1ccc(CCC(=O)N2CCCCC2c2ccnc(Nc3cncnc3)n2)cc1. The van der Waals surface area contributed by atoms with Crippen LogP contribution in [0.3, 0.4) is 0 Å². The van der Waals surface area contributed by atoms with Crippen molar-refractivity contribution in [3.8, 4) is 5.75 Å². The molecule has 0 bridgehead atoms. The molecule has 1 N–H and O–H groups in total. The average Bonchev–Trinajstić information content (AvgIpc) is 2.83. The number of hydrogen-bond acceptors (Lipinski definition) is 7. The van der Waals surface area contributed by atoms with Gasteiger partial charge in [0.15, 0.2) is 0 Å². The van der Waals surface area contributed by atoms with Gasteiger partial charge in [0.1, 0.15) is 12.1 Å². The fourth-order valence-corrected chi connectivity index (χ4v) is 3.84. The molecule has 1 saturated heterocycles. The van der Waals surface area contributed by atoms with Gasteiger partial charge in [-0.15, -0.1) is 0 Å². The molecule has 8 heteroatoms. The molecule has 1 amide bonds. The number of nitrogens with one attached hydrogen (secondary N) is 1. The second-order valence-electron chi connectivity index (χ2n) is 7.50. The van der Waals surface area contributed by atoms with Gasteiger partial charge in [0.05, 0.1) is 36.9 Å². The molecular formula is C23H26N6O2. The summed E-state index contributed by atoms with van der Waals surface area (Å²) in [5.74, 6) is 1.45. The van der Waals surface area contributed by atoms with Gasteiger partial charge in [0, 0.05) is 19.2 Å². The molecule has 0 radical (unpaired) electrons. The van der Waals surface area contributed by atoms with Crippen molar-refractivity contribution >= 4 is 17.5 Å². The quantitative estimate of drug-likeness (QED) is 0.625. The maximum Gasteiger partial charge on any atom is 0.227 e. The van der Waals surface area contributed by atoms with Gasteiger partial charge < -0.3 is 15.0 Å². The Labute approximate surface area is 181 Å². The Balaban J connectivity index is 1.44. The Kier molecular flexibility index (Phi) is 6.66. The van der Waals surface area contributed by atoms with Crippen LogP contribution in [0.1, 0.15) is 43.0 Å². The Bertz CT molecular complexity index is 996. The Morgan fingerprint density at radius 3 is 2.74 bits per heavy atom. The molecule has 31 heavy (non-hydrogen) atoms. The Morgan fingerprint density at radius 1 is 1.16 bits per heavy atom. The van der Waals surface area contributed by atoms with Crippen LogP contribution in [0.2, 0.25) is 0 Å². The first-order chi connectivity index (χ1) is 15.2. The largest absolute Gasteiger partial charge is 0.497 e. The summed E-state index contributed by atoms with van der Waals surface area (Å²) in [7, 11) is 1.65. The Morgan fingerprint density at radius 2 is 1.97 bits per heavy atom.